The summed E-state index contributed by atoms with van der Waals surface area (Å²) in [7, 11) is 0. The van der Waals surface area contributed by atoms with Gasteiger partial charge < -0.3 is 13.7 Å². The minimum Gasteiger partial charge on any atom is -0.309 e. The van der Waals surface area contributed by atoms with Crippen molar-refractivity contribution in [2.45, 2.75) is 0 Å². The van der Waals surface area contributed by atoms with E-state index in [1.165, 1.54) is 76.5 Å². The molecule has 238 valence electrons. The van der Waals surface area contributed by atoms with Crippen LogP contribution in [0.3, 0.4) is 0 Å². The zero-order chi connectivity index (χ0) is 33.5. The van der Waals surface area contributed by atoms with Crippen LogP contribution in [0.2, 0.25) is 0 Å². The van der Waals surface area contributed by atoms with Crippen LogP contribution in [0.25, 0.3) is 93.6 Å². The summed E-state index contributed by atoms with van der Waals surface area (Å²) >= 11 is 0. The molecular weight excluding hydrogens is 619 g/mol. The van der Waals surface area contributed by atoms with Crippen LogP contribution in [-0.4, -0.2) is 13.7 Å². The summed E-state index contributed by atoms with van der Waals surface area (Å²) in [6.07, 6.45) is 0. The highest BCUT2D eigenvalue weighted by Gasteiger charge is 2.24. The Bertz CT molecular complexity index is 3090. The molecule has 0 aliphatic carbocycles. The number of rotatable bonds is 4. The van der Waals surface area contributed by atoms with E-state index in [9.17, 15) is 0 Å². The van der Waals surface area contributed by atoms with Gasteiger partial charge >= 0.3 is 0 Å². The number of fused-ring (bicyclic) bond motifs is 11. The molecule has 0 fully saturated rings. The standard InChI is InChI=1S/C48H31N3/c1-4-14-32(15-5-1)33-24-26-36(27-25-33)50-41-22-12-10-20-37(41)38-28-29-40-46-44(51(48(40)47(38)50)35-18-8-3-9-19-35)31-30-43-45(46)39-21-11-13-23-42(39)49(43)34-16-6-2-7-17-34/h1-31H. The fourth-order valence-electron chi connectivity index (χ4n) is 8.50. The lowest BCUT2D eigenvalue weighted by atomic mass is 10.0. The zero-order valence-corrected chi connectivity index (χ0v) is 27.7. The Kier molecular flexibility index (Phi) is 5.96. The van der Waals surface area contributed by atoms with Crippen LogP contribution in [0, 0.1) is 0 Å². The predicted octanol–water partition coefficient (Wildman–Crippen LogP) is 12.6. The summed E-state index contributed by atoms with van der Waals surface area (Å²) in [6.45, 7) is 0. The van der Waals surface area contributed by atoms with E-state index >= 15 is 0 Å². The second-order valence-electron chi connectivity index (χ2n) is 13.3. The number of aromatic nitrogens is 3. The van der Waals surface area contributed by atoms with E-state index in [2.05, 4.69) is 202 Å². The third kappa shape index (κ3) is 4.00. The van der Waals surface area contributed by atoms with E-state index in [1.54, 1.807) is 0 Å². The molecule has 0 saturated heterocycles. The van der Waals surface area contributed by atoms with Crippen molar-refractivity contribution in [3.63, 3.8) is 0 Å². The summed E-state index contributed by atoms with van der Waals surface area (Å²) in [5.41, 5.74) is 13.1. The van der Waals surface area contributed by atoms with E-state index in [0.717, 1.165) is 17.1 Å². The van der Waals surface area contributed by atoms with Crippen molar-refractivity contribution in [1.82, 2.24) is 13.7 Å². The second kappa shape index (κ2) is 10.8. The van der Waals surface area contributed by atoms with Crippen molar-refractivity contribution in [2.24, 2.45) is 0 Å². The molecule has 0 amide bonds. The number of hydrogen-bond acceptors (Lipinski definition) is 0. The minimum atomic E-state index is 1.14. The molecular formula is C48H31N3. The van der Waals surface area contributed by atoms with Crippen LogP contribution in [0.15, 0.2) is 188 Å². The molecule has 51 heavy (non-hydrogen) atoms. The van der Waals surface area contributed by atoms with Gasteiger partial charge in [0.15, 0.2) is 0 Å². The van der Waals surface area contributed by atoms with Crippen molar-refractivity contribution < 1.29 is 0 Å². The van der Waals surface area contributed by atoms with Gasteiger partial charge in [-0.2, -0.15) is 0 Å². The lowest BCUT2D eigenvalue weighted by Gasteiger charge is -2.13. The minimum absolute atomic E-state index is 1.14. The van der Waals surface area contributed by atoms with Gasteiger partial charge in [0.2, 0.25) is 0 Å². The molecule has 0 radical (unpaired) electrons. The highest BCUT2D eigenvalue weighted by molar-refractivity contribution is 6.32. The predicted molar refractivity (Wildman–Crippen MR) is 215 cm³/mol. The van der Waals surface area contributed by atoms with Crippen molar-refractivity contribution >= 4 is 65.4 Å². The Morgan fingerprint density at radius 2 is 0.667 bits per heavy atom. The Morgan fingerprint density at radius 3 is 1.35 bits per heavy atom. The maximum Gasteiger partial charge on any atom is 0.0789 e. The number of nitrogens with zero attached hydrogens (tertiary/aromatic N) is 3. The van der Waals surface area contributed by atoms with Crippen LogP contribution in [0.1, 0.15) is 0 Å². The van der Waals surface area contributed by atoms with Gasteiger partial charge in [-0.25, -0.2) is 0 Å². The summed E-state index contributed by atoms with van der Waals surface area (Å²) in [5.74, 6) is 0. The molecule has 0 spiro atoms. The van der Waals surface area contributed by atoms with Gasteiger partial charge in [-0.3, -0.25) is 0 Å². The Labute approximate surface area is 294 Å². The molecule has 0 bridgehead atoms. The third-order valence-electron chi connectivity index (χ3n) is 10.6. The third-order valence-corrected chi connectivity index (χ3v) is 10.6. The normalized spacial score (nSPS) is 11.9. The van der Waals surface area contributed by atoms with E-state index in [-0.39, 0.29) is 0 Å². The molecule has 3 aromatic heterocycles. The van der Waals surface area contributed by atoms with E-state index in [4.69, 9.17) is 0 Å². The first-order valence-corrected chi connectivity index (χ1v) is 17.5. The topological polar surface area (TPSA) is 14.8 Å². The molecule has 0 atom stereocenters. The maximum atomic E-state index is 2.49. The monoisotopic (exact) mass is 649 g/mol. The molecule has 3 heterocycles. The van der Waals surface area contributed by atoms with E-state index in [1.807, 2.05) is 0 Å². The summed E-state index contributed by atoms with van der Waals surface area (Å²) < 4.78 is 7.39. The van der Waals surface area contributed by atoms with Crippen LogP contribution in [-0.2, 0) is 0 Å². The van der Waals surface area contributed by atoms with Crippen LogP contribution in [0.4, 0.5) is 0 Å². The Morgan fingerprint density at radius 1 is 0.235 bits per heavy atom. The van der Waals surface area contributed by atoms with E-state index < -0.39 is 0 Å². The smallest absolute Gasteiger partial charge is 0.0789 e. The van der Waals surface area contributed by atoms with Crippen molar-refractivity contribution in [2.75, 3.05) is 0 Å². The highest BCUT2D eigenvalue weighted by Crippen LogP contribution is 2.46. The molecule has 3 nitrogen and oxygen atoms in total. The van der Waals surface area contributed by atoms with Crippen molar-refractivity contribution in [3.05, 3.63) is 188 Å². The SMILES string of the molecule is c1ccc(-c2ccc(-n3c4ccccc4c4ccc5c6c7c8ccccc8n(-c8ccccc8)c7ccc6n(-c6ccccc6)c5c43)cc2)cc1. The van der Waals surface area contributed by atoms with Gasteiger partial charge in [0, 0.05) is 49.4 Å². The number of benzene rings is 8. The van der Waals surface area contributed by atoms with Gasteiger partial charge in [0.25, 0.3) is 0 Å². The number of para-hydroxylation sites is 4. The average molecular weight is 650 g/mol. The first-order chi connectivity index (χ1) is 25.3. The fourth-order valence-corrected chi connectivity index (χ4v) is 8.50. The van der Waals surface area contributed by atoms with Gasteiger partial charge in [-0.15, -0.1) is 0 Å². The first kappa shape index (κ1) is 28.0. The van der Waals surface area contributed by atoms with Crippen LogP contribution in [0.5, 0.6) is 0 Å². The molecule has 3 heteroatoms. The Balaban J connectivity index is 1.33. The van der Waals surface area contributed by atoms with Crippen LogP contribution < -0.4 is 0 Å². The van der Waals surface area contributed by atoms with E-state index in [0.29, 0.717) is 0 Å². The van der Waals surface area contributed by atoms with Gasteiger partial charge in [-0.05, 0) is 71.8 Å². The largest absolute Gasteiger partial charge is 0.309 e. The molecule has 0 aliphatic heterocycles. The molecule has 8 aromatic carbocycles. The average Bonchev–Trinajstić information content (AvgIpc) is 3.85. The van der Waals surface area contributed by atoms with Crippen LogP contribution >= 0.6 is 0 Å². The Hall–Kier alpha value is -6.84. The van der Waals surface area contributed by atoms with Gasteiger partial charge in [-0.1, -0.05) is 127 Å². The summed E-state index contributed by atoms with van der Waals surface area (Å²) in [6, 6.07) is 68.3. The summed E-state index contributed by atoms with van der Waals surface area (Å²) in [5, 5.41) is 7.54. The first-order valence-electron chi connectivity index (χ1n) is 17.5. The lowest BCUT2D eigenvalue weighted by Crippen LogP contribution is -1.98. The second-order valence-corrected chi connectivity index (χ2v) is 13.3. The van der Waals surface area contributed by atoms with Gasteiger partial charge in [0.1, 0.15) is 0 Å². The zero-order valence-electron chi connectivity index (χ0n) is 27.7. The highest BCUT2D eigenvalue weighted by atomic mass is 15.0. The lowest BCUT2D eigenvalue weighted by molar-refractivity contribution is 1.15. The molecule has 0 saturated carbocycles. The molecule has 0 N–H and O–H groups in total. The molecule has 11 aromatic rings. The number of hydrogen-bond donors (Lipinski definition) is 0. The summed E-state index contributed by atoms with van der Waals surface area (Å²) in [4.78, 5) is 0. The molecule has 0 unspecified atom stereocenters. The molecule has 0 aliphatic rings. The van der Waals surface area contributed by atoms with Crippen molar-refractivity contribution in [1.29, 1.82) is 0 Å². The maximum absolute atomic E-state index is 2.49. The quantitative estimate of drug-likeness (QED) is 0.180. The fraction of sp³-hybridized carbons (Fsp3) is 0. The van der Waals surface area contributed by atoms with Gasteiger partial charge in [0.05, 0.1) is 33.1 Å². The molecule has 11 rings (SSSR count). The van der Waals surface area contributed by atoms with Crippen molar-refractivity contribution in [3.8, 4) is 28.2 Å².